The van der Waals surface area contributed by atoms with Gasteiger partial charge < -0.3 is 9.52 Å². The predicted octanol–water partition coefficient (Wildman–Crippen LogP) is 11.4. The SMILES string of the molecule is CCC(CC)C(=O)/C=C(\O)C(CC)CC.Cc1sc2c(-c3[c-]c4ccccc4c(C(C)(C)C)c3)ncc(C)c2c1-c1cocn1.[Ir]. The molecular formula is C39H47IrN2O3S-. The standard InChI is InChI=1S/C26H23N2OS.C13H24O2.Ir/c1-15-12-27-24(25-22(15)23(16(2)30-25)21-13-29-14-28-21)18-10-17-8-6-7-9-19(17)20(11-18)26(3,4)5;1-5-10(6-2)12(14)9-13(15)11(7-3)8-4;/h6-9,11-14H,1-5H3;9-11,14H,5-8H2,1-4H3;/q-1;;/b;12-9-;. The van der Waals surface area contributed by atoms with Gasteiger partial charge in [0.05, 0.1) is 5.76 Å². The van der Waals surface area contributed by atoms with Crippen LogP contribution in [0.2, 0.25) is 0 Å². The van der Waals surface area contributed by atoms with Gasteiger partial charge in [0, 0.05) is 70.4 Å². The van der Waals surface area contributed by atoms with Gasteiger partial charge in [-0.3, -0.25) is 9.78 Å². The number of pyridine rings is 1. The third-order valence-electron chi connectivity index (χ3n) is 8.69. The Hall–Kier alpha value is -3.12. The second kappa shape index (κ2) is 16.1. The molecule has 0 saturated carbocycles. The summed E-state index contributed by atoms with van der Waals surface area (Å²) in [5.74, 6) is 0.547. The minimum atomic E-state index is 0. The molecule has 3 heterocycles. The first-order valence-electron chi connectivity index (χ1n) is 16.1. The minimum absolute atomic E-state index is 0. The Labute approximate surface area is 291 Å². The van der Waals surface area contributed by atoms with Crippen LogP contribution in [0.3, 0.4) is 0 Å². The van der Waals surface area contributed by atoms with Gasteiger partial charge in [-0.05, 0) is 50.5 Å². The predicted molar refractivity (Wildman–Crippen MR) is 189 cm³/mol. The number of ketones is 1. The summed E-state index contributed by atoms with van der Waals surface area (Å²) in [6, 6.07) is 14.4. The molecule has 0 bridgehead atoms. The Bertz CT molecular complexity index is 1790. The van der Waals surface area contributed by atoms with E-state index in [0.29, 0.717) is 0 Å². The molecule has 0 aliphatic carbocycles. The van der Waals surface area contributed by atoms with Crippen molar-refractivity contribution in [3.8, 4) is 22.5 Å². The number of benzene rings is 2. The summed E-state index contributed by atoms with van der Waals surface area (Å²) >= 11 is 1.77. The summed E-state index contributed by atoms with van der Waals surface area (Å²) in [5.41, 5.74) is 6.51. The maximum atomic E-state index is 11.7. The summed E-state index contributed by atoms with van der Waals surface area (Å²) < 4.78 is 6.45. The van der Waals surface area contributed by atoms with Crippen molar-refractivity contribution in [3.05, 3.63) is 83.1 Å². The van der Waals surface area contributed by atoms with Crippen molar-refractivity contribution in [2.24, 2.45) is 11.8 Å². The second-order valence-electron chi connectivity index (χ2n) is 12.8. The van der Waals surface area contributed by atoms with Crippen LogP contribution < -0.4 is 0 Å². The molecule has 0 atom stereocenters. The van der Waals surface area contributed by atoms with Crippen molar-refractivity contribution < 1.29 is 34.4 Å². The number of thiophene rings is 1. The number of aliphatic hydroxyl groups is 1. The summed E-state index contributed by atoms with van der Waals surface area (Å²) in [6.45, 7) is 19.1. The van der Waals surface area contributed by atoms with Crippen LogP contribution in [0.25, 0.3) is 43.4 Å². The first kappa shape index (κ1) is 37.3. The molecule has 0 amide bonds. The number of hydrogen-bond donors (Lipinski definition) is 1. The van der Waals surface area contributed by atoms with Crippen molar-refractivity contribution >= 4 is 38.0 Å². The number of carbonyl (C=O) groups excluding carboxylic acids is 1. The maximum Gasteiger partial charge on any atom is 0.181 e. The van der Waals surface area contributed by atoms with Gasteiger partial charge in [0.15, 0.2) is 12.2 Å². The molecule has 2 aromatic carbocycles. The number of aliphatic hydroxyl groups excluding tert-OH is 1. The quantitative estimate of drug-likeness (QED) is 0.0911. The molecule has 3 aromatic heterocycles. The fraction of sp³-hybridized carbons (Fsp3) is 0.410. The molecule has 247 valence electrons. The normalized spacial score (nSPS) is 12.0. The third kappa shape index (κ3) is 8.05. The molecule has 0 aliphatic rings. The van der Waals surface area contributed by atoms with E-state index in [1.807, 2.05) is 33.9 Å². The summed E-state index contributed by atoms with van der Waals surface area (Å²) in [6.07, 6.45) is 10.1. The van der Waals surface area contributed by atoms with Crippen molar-refractivity contribution in [1.29, 1.82) is 0 Å². The molecule has 1 N–H and O–H groups in total. The monoisotopic (exact) mass is 816 g/mol. The van der Waals surface area contributed by atoms with Gasteiger partial charge in [0.2, 0.25) is 0 Å². The summed E-state index contributed by atoms with van der Waals surface area (Å²) in [4.78, 5) is 22.2. The van der Waals surface area contributed by atoms with Gasteiger partial charge in [-0.1, -0.05) is 77.6 Å². The van der Waals surface area contributed by atoms with E-state index in [1.165, 1.54) is 38.4 Å². The van der Waals surface area contributed by atoms with E-state index in [2.05, 4.69) is 76.0 Å². The minimum Gasteiger partial charge on any atom is -0.512 e. The molecule has 5 nitrogen and oxygen atoms in total. The Kier molecular flexibility index (Phi) is 13.1. The zero-order valence-corrected chi connectivity index (χ0v) is 31.8. The van der Waals surface area contributed by atoms with E-state index in [1.54, 1.807) is 17.6 Å². The largest absolute Gasteiger partial charge is 0.512 e. The number of rotatable bonds is 9. The number of fused-ring (bicyclic) bond motifs is 2. The Balaban J connectivity index is 0.000000309. The molecule has 46 heavy (non-hydrogen) atoms. The average molecular weight is 816 g/mol. The van der Waals surface area contributed by atoms with E-state index < -0.39 is 0 Å². The number of aryl methyl sites for hydroxylation is 2. The van der Waals surface area contributed by atoms with E-state index in [4.69, 9.17) is 9.40 Å². The molecule has 0 fully saturated rings. The first-order chi connectivity index (χ1) is 21.4. The molecule has 0 spiro atoms. The topological polar surface area (TPSA) is 76.2 Å². The number of oxazole rings is 1. The molecule has 5 aromatic rings. The van der Waals surface area contributed by atoms with Crippen LogP contribution in [-0.2, 0) is 30.3 Å². The van der Waals surface area contributed by atoms with Crippen LogP contribution in [0.15, 0.2) is 65.4 Å². The fourth-order valence-corrected chi connectivity index (χ4v) is 7.21. The smallest absolute Gasteiger partial charge is 0.181 e. The van der Waals surface area contributed by atoms with Gasteiger partial charge in [-0.2, -0.15) is 0 Å². The number of aromatic nitrogens is 2. The van der Waals surface area contributed by atoms with Crippen molar-refractivity contribution in [3.63, 3.8) is 0 Å². The van der Waals surface area contributed by atoms with Gasteiger partial charge >= 0.3 is 0 Å². The van der Waals surface area contributed by atoms with Crippen molar-refractivity contribution in [2.45, 2.75) is 93.4 Å². The van der Waals surface area contributed by atoms with E-state index in [0.717, 1.165) is 59.1 Å². The van der Waals surface area contributed by atoms with Crippen molar-refractivity contribution in [1.82, 2.24) is 9.97 Å². The van der Waals surface area contributed by atoms with Crippen molar-refractivity contribution in [2.75, 3.05) is 0 Å². The zero-order valence-electron chi connectivity index (χ0n) is 28.6. The van der Waals surface area contributed by atoms with Crippen LogP contribution in [0.4, 0.5) is 0 Å². The number of allylic oxidation sites excluding steroid dienone is 2. The van der Waals surface area contributed by atoms with Crippen LogP contribution >= 0.6 is 11.3 Å². The molecule has 0 aliphatic heterocycles. The Morgan fingerprint density at radius 2 is 1.67 bits per heavy atom. The molecule has 0 saturated heterocycles. The van der Waals surface area contributed by atoms with Crippen LogP contribution in [0, 0.1) is 31.7 Å². The molecule has 5 rings (SSSR count). The third-order valence-corrected chi connectivity index (χ3v) is 9.80. The van der Waals surface area contributed by atoms with Gasteiger partial charge in [0.25, 0.3) is 0 Å². The Morgan fingerprint density at radius 1 is 1.02 bits per heavy atom. The van der Waals surface area contributed by atoms with Gasteiger partial charge in [0.1, 0.15) is 12.0 Å². The van der Waals surface area contributed by atoms with E-state index >= 15 is 0 Å². The summed E-state index contributed by atoms with van der Waals surface area (Å²) in [5, 5.41) is 13.3. The van der Waals surface area contributed by atoms with Crippen LogP contribution in [0.1, 0.15) is 90.2 Å². The van der Waals surface area contributed by atoms with E-state index in [9.17, 15) is 9.90 Å². The Morgan fingerprint density at radius 3 is 2.26 bits per heavy atom. The number of hydrogen-bond acceptors (Lipinski definition) is 6. The van der Waals surface area contributed by atoms with Crippen LogP contribution in [-0.4, -0.2) is 20.9 Å². The molecule has 0 unspecified atom stereocenters. The van der Waals surface area contributed by atoms with Gasteiger partial charge in [-0.15, -0.1) is 40.5 Å². The maximum absolute atomic E-state index is 11.7. The van der Waals surface area contributed by atoms with E-state index in [-0.39, 0.29) is 48.9 Å². The first-order valence-corrected chi connectivity index (χ1v) is 16.9. The summed E-state index contributed by atoms with van der Waals surface area (Å²) in [7, 11) is 0. The fourth-order valence-electron chi connectivity index (χ4n) is 5.97. The molecular weight excluding hydrogens is 769 g/mol. The van der Waals surface area contributed by atoms with Crippen LogP contribution in [0.5, 0.6) is 0 Å². The number of nitrogens with zero attached hydrogens (tertiary/aromatic N) is 2. The molecule has 7 heteroatoms. The zero-order chi connectivity index (χ0) is 32.9. The second-order valence-corrected chi connectivity index (χ2v) is 14.0. The number of carbonyl (C=O) groups is 1. The van der Waals surface area contributed by atoms with Gasteiger partial charge in [-0.25, -0.2) is 4.98 Å². The average Bonchev–Trinajstić information content (AvgIpc) is 3.66. The molecule has 1 radical (unpaired) electrons.